The molecule has 0 aliphatic carbocycles. The molecule has 8 heteroatoms. The molecule has 0 aliphatic heterocycles. The smallest absolute Gasteiger partial charge is 0.314 e. The van der Waals surface area contributed by atoms with Crippen LogP contribution in [0.5, 0.6) is 5.75 Å². The van der Waals surface area contributed by atoms with Gasteiger partial charge in [-0.15, -0.1) is 0 Å². The van der Waals surface area contributed by atoms with Gasteiger partial charge in [0.05, 0.1) is 12.6 Å². The first kappa shape index (κ1) is 23.3. The highest BCUT2D eigenvalue weighted by Gasteiger charge is 2.35. The average molecular weight is 458 g/mol. The van der Waals surface area contributed by atoms with Crippen molar-refractivity contribution in [2.45, 2.75) is 39.2 Å². The number of nitrogens with zero attached hydrogens (tertiary/aromatic N) is 1. The van der Waals surface area contributed by atoms with Crippen LogP contribution in [0, 0.1) is 6.92 Å². The van der Waals surface area contributed by atoms with Crippen LogP contribution in [0.15, 0.2) is 42.5 Å². The monoisotopic (exact) mass is 457 g/mol. The molecule has 0 aliphatic rings. The number of ether oxygens (including phenoxy) is 2. The van der Waals surface area contributed by atoms with Crippen LogP contribution in [-0.4, -0.2) is 40.7 Å². The molecule has 2 aromatic carbocycles. The summed E-state index contributed by atoms with van der Waals surface area (Å²) in [5, 5.41) is 11.1. The summed E-state index contributed by atoms with van der Waals surface area (Å²) in [5.41, 5.74) is 1.76. The molecule has 0 spiro atoms. The van der Waals surface area contributed by atoms with Crippen molar-refractivity contribution in [3.63, 3.8) is 0 Å². The molecule has 2 unspecified atom stereocenters. The molecule has 0 amide bonds. The summed E-state index contributed by atoms with van der Waals surface area (Å²) in [6.45, 7) is 4.85. The van der Waals surface area contributed by atoms with Crippen LogP contribution in [0.3, 0.4) is 0 Å². The van der Waals surface area contributed by atoms with Crippen LogP contribution >= 0.6 is 11.6 Å². The fourth-order valence-electron chi connectivity index (χ4n) is 3.84. The van der Waals surface area contributed by atoms with Gasteiger partial charge in [0.2, 0.25) is 0 Å². The van der Waals surface area contributed by atoms with Gasteiger partial charge in [-0.2, -0.15) is 0 Å². The summed E-state index contributed by atoms with van der Waals surface area (Å²) < 4.78 is 12.1. The highest BCUT2D eigenvalue weighted by molar-refractivity contribution is 6.30. The van der Waals surface area contributed by atoms with Crippen molar-refractivity contribution in [2.75, 3.05) is 7.11 Å². The predicted molar refractivity (Wildman–Crippen MR) is 121 cm³/mol. The van der Waals surface area contributed by atoms with Crippen molar-refractivity contribution in [3.8, 4) is 5.75 Å². The minimum Gasteiger partial charge on any atom is -0.497 e. The van der Waals surface area contributed by atoms with E-state index in [2.05, 4.69) is 0 Å². The van der Waals surface area contributed by atoms with Crippen LogP contribution in [0.2, 0.25) is 5.02 Å². The first-order valence-electron chi connectivity index (χ1n) is 10.1. The number of carboxylic acids is 1. The molecule has 0 saturated heterocycles. The molecule has 7 nitrogen and oxygen atoms in total. The summed E-state index contributed by atoms with van der Waals surface area (Å²) in [6.07, 6.45) is -0.824. The summed E-state index contributed by atoms with van der Waals surface area (Å²) in [6, 6.07) is 11.6. The minimum absolute atomic E-state index is 0.125. The Balaban J connectivity index is 2.26. The van der Waals surface area contributed by atoms with Gasteiger partial charge in [0.1, 0.15) is 17.8 Å². The SMILES string of the molecule is CCC(=O)OC(C)C(C(=O)O)c1c(C)n(C(=O)c2ccc(Cl)cc2)c2ccc(OC)cc12. The molecule has 1 N–H and O–H groups in total. The second-order valence-electron chi connectivity index (χ2n) is 7.39. The molecule has 2 atom stereocenters. The van der Waals surface area contributed by atoms with Crippen LogP contribution < -0.4 is 4.74 Å². The van der Waals surface area contributed by atoms with E-state index in [1.54, 1.807) is 56.3 Å². The average Bonchev–Trinajstić information content (AvgIpc) is 3.04. The minimum atomic E-state index is -1.18. The van der Waals surface area contributed by atoms with Gasteiger partial charge in [-0.3, -0.25) is 19.0 Å². The number of methoxy groups -OCH3 is 1. The molecule has 3 aromatic rings. The van der Waals surface area contributed by atoms with E-state index in [9.17, 15) is 19.5 Å². The van der Waals surface area contributed by atoms with E-state index in [1.807, 2.05) is 0 Å². The lowest BCUT2D eigenvalue weighted by atomic mass is 9.91. The number of carboxylic acid groups (broad SMARTS) is 1. The Kier molecular flexibility index (Phi) is 6.89. The van der Waals surface area contributed by atoms with Crippen molar-refractivity contribution in [1.82, 2.24) is 4.57 Å². The van der Waals surface area contributed by atoms with Crippen molar-refractivity contribution in [1.29, 1.82) is 0 Å². The van der Waals surface area contributed by atoms with Gasteiger partial charge in [-0.1, -0.05) is 18.5 Å². The van der Waals surface area contributed by atoms with Gasteiger partial charge in [0.15, 0.2) is 0 Å². The molecular weight excluding hydrogens is 434 g/mol. The number of aliphatic carboxylic acids is 1. The van der Waals surface area contributed by atoms with Crippen LogP contribution in [0.4, 0.5) is 0 Å². The van der Waals surface area contributed by atoms with Crippen molar-refractivity contribution in [3.05, 3.63) is 64.3 Å². The van der Waals surface area contributed by atoms with Crippen LogP contribution in [0.1, 0.15) is 47.8 Å². The Hall–Kier alpha value is -3.32. The molecule has 0 bridgehead atoms. The topological polar surface area (TPSA) is 94.8 Å². The van der Waals surface area contributed by atoms with E-state index in [4.69, 9.17) is 21.1 Å². The maximum absolute atomic E-state index is 13.4. The summed E-state index contributed by atoms with van der Waals surface area (Å²) >= 11 is 5.95. The Morgan fingerprint density at radius 3 is 2.34 bits per heavy atom. The highest BCUT2D eigenvalue weighted by Crippen LogP contribution is 2.37. The zero-order chi connectivity index (χ0) is 23.6. The van der Waals surface area contributed by atoms with E-state index in [-0.39, 0.29) is 12.3 Å². The molecule has 32 heavy (non-hydrogen) atoms. The number of hydrogen-bond acceptors (Lipinski definition) is 5. The zero-order valence-corrected chi connectivity index (χ0v) is 19.0. The lowest BCUT2D eigenvalue weighted by molar-refractivity contribution is -0.153. The number of carbonyl (C=O) groups is 3. The van der Waals surface area contributed by atoms with E-state index in [0.717, 1.165) is 0 Å². The Morgan fingerprint density at radius 1 is 1.12 bits per heavy atom. The van der Waals surface area contributed by atoms with Gasteiger partial charge in [0, 0.05) is 28.1 Å². The van der Waals surface area contributed by atoms with Crippen molar-refractivity contribution < 1.29 is 29.0 Å². The summed E-state index contributed by atoms with van der Waals surface area (Å²) in [7, 11) is 1.50. The van der Waals surface area contributed by atoms with Crippen molar-refractivity contribution in [2.24, 2.45) is 0 Å². The third kappa shape index (κ3) is 4.34. The van der Waals surface area contributed by atoms with Crippen molar-refractivity contribution >= 4 is 40.3 Å². The molecule has 1 aromatic heterocycles. The second-order valence-corrected chi connectivity index (χ2v) is 7.83. The lowest BCUT2D eigenvalue weighted by Gasteiger charge is -2.21. The maximum atomic E-state index is 13.4. The fourth-order valence-corrected chi connectivity index (χ4v) is 3.97. The first-order valence-corrected chi connectivity index (χ1v) is 10.5. The number of hydrogen-bond donors (Lipinski definition) is 1. The normalized spacial score (nSPS) is 12.9. The standard InChI is InChI=1S/C24H24ClNO6/c1-5-20(27)32-14(3)22(24(29)30)21-13(2)26(19-11-10-17(31-4)12-18(19)21)23(28)15-6-8-16(25)9-7-15/h6-12,14,22H,5H2,1-4H3,(H,29,30). The Morgan fingerprint density at radius 2 is 1.78 bits per heavy atom. The molecule has 3 rings (SSSR count). The van der Waals surface area contributed by atoms with Gasteiger partial charge >= 0.3 is 11.9 Å². The van der Waals surface area contributed by atoms with Gasteiger partial charge in [0.25, 0.3) is 5.91 Å². The van der Waals surface area contributed by atoms with Crippen LogP contribution in [-0.2, 0) is 14.3 Å². The zero-order valence-electron chi connectivity index (χ0n) is 18.2. The molecule has 0 fully saturated rings. The number of fused-ring (bicyclic) bond motifs is 1. The van der Waals surface area contributed by atoms with Gasteiger partial charge < -0.3 is 14.6 Å². The quantitative estimate of drug-likeness (QED) is 0.511. The fraction of sp³-hybridized carbons (Fsp3) is 0.292. The van der Waals surface area contributed by atoms with Crippen LogP contribution in [0.25, 0.3) is 10.9 Å². The summed E-state index contributed by atoms with van der Waals surface area (Å²) in [4.78, 5) is 37.6. The van der Waals surface area contributed by atoms with E-state index in [0.29, 0.717) is 38.5 Å². The Bertz CT molecular complexity index is 1180. The number of esters is 1. The molecule has 0 saturated carbocycles. The number of aromatic nitrogens is 1. The number of halogens is 1. The molecule has 0 radical (unpaired) electrons. The predicted octanol–water partition coefficient (Wildman–Crippen LogP) is 4.81. The van der Waals surface area contributed by atoms with E-state index in [1.165, 1.54) is 18.6 Å². The number of benzene rings is 2. The molecule has 168 valence electrons. The second kappa shape index (κ2) is 9.44. The third-order valence-electron chi connectivity index (χ3n) is 5.41. The summed E-state index contributed by atoms with van der Waals surface area (Å²) in [5.74, 6) is -2.66. The first-order chi connectivity index (χ1) is 15.2. The number of rotatable bonds is 7. The van der Waals surface area contributed by atoms with E-state index >= 15 is 0 Å². The highest BCUT2D eigenvalue weighted by atomic mass is 35.5. The molecular formula is C24H24ClNO6. The Labute approximate surface area is 190 Å². The van der Waals surface area contributed by atoms with Gasteiger partial charge in [-0.25, -0.2) is 0 Å². The van der Waals surface area contributed by atoms with Gasteiger partial charge in [-0.05, 0) is 61.9 Å². The third-order valence-corrected chi connectivity index (χ3v) is 5.66. The number of carbonyl (C=O) groups excluding carboxylic acids is 2. The maximum Gasteiger partial charge on any atom is 0.314 e. The lowest BCUT2D eigenvalue weighted by Crippen LogP contribution is -2.29. The largest absolute Gasteiger partial charge is 0.497 e. The molecule has 1 heterocycles. The van der Waals surface area contributed by atoms with E-state index < -0.39 is 24.0 Å².